The number of benzene rings is 2. The molecular formula is C38H44N2O5S3. The Morgan fingerprint density at radius 2 is 1.06 bits per heavy atom. The average molecular weight is 705 g/mol. The molecule has 4 heterocycles. The summed E-state index contributed by atoms with van der Waals surface area (Å²) in [7, 11) is -1.01. The van der Waals surface area contributed by atoms with Crippen molar-refractivity contribution in [1.82, 2.24) is 9.13 Å². The third kappa shape index (κ3) is 6.81. The fraction of sp³-hybridized carbons (Fsp3) is 0.421. The van der Waals surface area contributed by atoms with Gasteiger partial charge in [0.2, 0.25) is 0 Å². The minimum atomic E-state index is -1.01. The SMILES string of the molecule is CC(CCCCS(=O)CCCCC(C)(c1ccccc1)n1c(O)c2c(cc1=O)SCC2)(c1ccccc1)n1c(O)c2c(cc1=O)SCC2. The number of pyridine rings is 2. The van der Waals surface area contributed by atoms with Crippen LogP contribution in [-0.2, 0) is 34.7 Å². The number of hydrogen-bond acceptors (Lipinski definition) is 7. The first-order valence-electron chi connectivity index (χ1n) is 16.8. The van der Waals surface area contributed by atoms with E-state index < -0.39 is 21.9 Å². The Labute approximate surface area is 293 Å². The monoisotopic (exact) mass is 704 g/mol. The zero-order chi connectivity index (χ0) is 33.9. The van der Waals surface area contributed by atoms with Crippen LogP contribution in [-0.4, -0.2) is 46.6 Å². The van der Waals surface area contributed by atoms with E-state index in [9.17, 15) is 24.0 Å². The van der Waals surface area contributed by atoms with Gasteiger partial charge >= 0.3 is 0 Å². The Balaban J connectivity index is 1.08. The van der Waals surface area contributed by atoms with Crippen molar-refractivity contribution in [2.75, 3.05) is 23.0 Å². The molecule has 2 aliphatic heterocycles. The second-order valence-electron chi connectivity index (χ2n) is 13.2. The first kappa shape index (κ1) is 34.6. The minimum Gasteiger partial charge on any atom is -0.494 e. The summed E-state index contributed by atoms with van der Waals surface area (Å²) in [4.78, 5) is 28.5. The summed E-state index contributed by atoms with van der Waals surface area (Å²) in [5.74, 6) is 2.97. The lowest BCUT2D eigenvalue weighted by atomic mass is 9.86. The van der Waals surface area contributed by atoms with Crippen molar-refractivity contribution < 1.29 is 14.4 Å². The highest BCUT2D eigenvalue weighted by Gasteiger charge is 2.35. The number of rotatable bonds is 14. The molecule has 0 aliphatic carbocycles. The second-order valence-corrected chi connectivity index (χ2v) is 17.2. The maximum atomic E-state index is 13.4. The lowest BCUT2D eigenvalue weighted by molar-refractivity contribution is 0.286. The molecule has 0 bridgehead atoms. The van der Waals surface area contributed by atoms with E-state index in [4.69, 9.17) is 0 Å². The summed E-state index contributed by atoms with van der Waals surface area (Å²) in [5.41, 5.74) is 1.73. The quantitative estimate of drug-likeness (QED) is 0.136. The number of aromatic nitrogens is 2. The normalized spacial score (nSPS) is 17.0. The molecule has 0 fully saturated rings. The Morgan fingerprint density at radius 3 is 1.46 bits per heavy atom. The van der Waals surface area contributed by atoms with Crippen molar-refractivity contribution in [3.05, 3.63) is 116 Å². The van der Waals surface area contributed by atoms with Gasteiger partial charge in [0.15, 0.2) is 11.8 Å². The average Bonchev–Trinajstić information content (AvgIpc) is 3.76. The molecule has 2 N–H and O–H groups in total. The maximum Gasteiger partial charge on any atom is 0.255 e. The topological polar surface area (TPSA) is 102 Å². The smallest absolute Gasteiger partial charge is 0.255 e. The predicted molar refractivity (Wildman–Crippen MR) is 198 cm³/mol. The van der Waals surface area contributed by atoms with Crippen molar-refractivity contribution >= 4 is 34.3 Å². The van der Waals surface area contributed by atoms with E-state index in [0.29, 0.717) is 24.3 Å². The molecular weight excluding hydrogens is 661 g/mol. The molecule has 2 atom stereocenters. The number of fused-ring (bicyclic) bond motifs is 2. The van der Waals surface area contributed by atoms with Gasteiger partial charge in [0.05, 0.1) is 11.1 Å². The van der Waals surface area contributed by atoms with Gasteiger partial charge in [-0.15, -0.1) is 23.5 Å². The Kier molecular flexibility index (Phi) is 10.6. The van der Waals surface area contributed by atoms with E-state index in [2.05, 4.69) is 0 Å². The van der Waals surface area contributed by atoms with Crippen LogP contribution in [0.2, 0.25) is 0 Å². The fourth-order valence-corrected chi connectivity index (χ4v) is 10.8. The van der Waals surface area contributed by atoms with Crippen molar-refractivity contribution in [1.29, 1.82) is 0 Å². The minimum absolute atomic E-state index is 0.0642. The van der Waals surface area contributed by atoms with E-state index in [0.717, 1.165) is 82.1 Å². The van der Waals surface area contributed by atoms with Crippen molar-refractivity contribution in [2.24, 2.45) is 0 Å². The van der Waals surface area contributed by atoms with Gasteiger partial charge < -0.3 is 10.2 Å². The lowest BCUT2D eigenvalue weighted by Gasteiger charge is -2.34. The molecule has 0 radical (unpaired) electrons. The number of unbranched alkanes of at least 4 members (excludes halogenated alkanes) is 2. The van der Waals surface area contributed by atoms with E-state index in [-0.39, 0.29) is 22.9 Å². The molecule has 0 spiro atoms. The zero-order valence-electron chi connectivity index (χ0n) is 27.7. The van der Waals surface area contributed by atoms with Gasteiger partial charge in [0.1, 0.15) is 0 Å². The molecule has 2 unspecified atom stereocenters. The summed E-state index contributed by atoms with van der Waals surface area (Å²) in [5, 5.41) is 22.6. The summed E-state index contributed by atoms with van der Waals surface area (Å²) in [6.07, 6.45) is 5.71. The number of nitrogens with zero attached hydrogens (tertiary/aromatic N) is 2. The van der Waals surface area contributed by atoms with Gasteiger partial charge in [-0.2, -0.15) is 0 Å². The maximum absolute atomic E-state index is 13.4. The molecule has 48 heavy (non-hydrogen) atoms. The fourth-order valence-electron chi connectivity index (χ4n) is 7.37. The van der Waals surface area contributed by atoms with E-state index >= 15 is 0 Å². The van der Waals surface area contributed by atoms with Crippen LogP contribution in [0.4, 0.5) is 0 Å². The summed E-state index contributed by atoms with van der Waals surface area (Å²) in [6, 6.07) is 23.1. The van der Waals surface area contributed by atoms with Crippen LogP contribution >= 0.6 is 23.5 Å². The second kappa shape index (κ2) is 14.7. The Hall–Kier alpha value is -3.21. The molecule has 0 amide bonds. The highest BCUT2D eigenvalue weighted by molar-refractivity contribution is 7.99. The highest BCUT2D eigenvalue weighted by atomic mass is 32.2. The third-order valence-corrected chi connectivity index (χ3v) is 13.7. The van der Waals surface area contributed by atoms with Crippen LogP contribution in [0.25, 0.3) is 0 Å². The van der Waals surface area contributed by atoms with Crippen LogP contribution in [0.5, 0.6) is 11.8 Å². The van der Waals surface area contributed by atoms with Gasteiger partial charge in [0.25, 0.3) is 11.1 Å². The zero-order valence-corrected chi connectivity index (χ0v) is 30.1. The molecule has 2 aromatic carbocycles. The molecule has 10 heteroatoms. The third-order valence-electron chi connectivity index (χ3n) is 10.1. The van der Waals surface area contributed by atoms with Crippen molar-refractivity contribution in [2.45, 2.75) is 86.1 Å². The largest absolute Gasteiger partial charge is 0.494 e. The van der Waals surface area contributed by atoms with Crippen LogP contribution in [0.15, 0.2) is 92.2 Å². The Bertz CT molecular complexity index is 1770. The van der Waals surface area contributed by atoms with Crippen molar-refractivity contribution in [3.8, 4) is 11.8 Å². The van der Waals surface area contributed by atoms with Gasteiger partial charge in [-0.05, 0) is 76.3 Å². The Morgan fingerprint density at radius 1 is 0.667 bits per heavy atom. The molecule has 2 aliphatic rings. The van der Waals surface area contributed by atoms with Crippen LogP contribution in [0.1, 0.15) is 74.6 Å². The van der Waals surface area contributed by atoms with Crippen LogP contribution in [0, 0.1) is 0 Å². The molecule has 7 nitrogen and oxygen atoms in total. The molecule has 2 aromatic heterocycles. The molecule has 254 valence electrons. The van der Waals surface area contributed by atoms with Crippen LogP contribution in [0.3, 0.4) is 0 Å². The van der Waals surface area contributed by atoms with Gasteiger partial charge in [0, 0.05) is 66.9 Å². The molecule has 0 saturated heterocycles. The first-order valence-corrected chi connectivity index (χ1v) is 20.3. The molecule has 6 rings (SSSR count). The van der Waals surface area contributed by atoms with Crippen molar-refractivity contribution in [3.63, 3.8) is 0 Å². The molecule has 0 saturated carbocycles. The summed E-state index contributed by atoms with van der Waals surface area (Å²) in [6.45, 7) is 4.03. The summed E-state index contributed by atoms with van der Waals surface area (Å²) < 4.78 is 16.3. The van der Waals surface area contributed by atoms with E-state index in [1.165, 1.54) is 0 Å². The van der Waals surface area contributed by atoms with Crippen LogP contribution < -0.4 is 11.1 Å². The van der Waals surface area contributed by atoms with Gasteiger partial charge in [-0.25, -0.2) is 0 Å². The standard InChI is InChI=1S/C38H44N2O5S3/c1-37(27-13-5-3-6-14-27,39-33(41)25-31-29(35(39)43)17-21-46-31)19-9-11-23-48(45)24-12-10-20-38(2,28-15-7-4-8-16-28)40-34(42)26-32-30(36(40)44)18-22-47-32/h3-8,13-16,25-26,43-44H,9-12,17-24H2,1-2H3. The summed E-state index contributed by atoms with van der Waals surface area (Å²) >= 11 is 3.23. The number of thioether (sulfide) groups is 2. The first-order chi connectivity index (χ1) is 23.1. The molecule has 4 aromatic rings. The number of hydrogen-bond donors (Lipinski definition) is 2. The lowest BCUT2D eigenvalue weighted by Crippen LogP contribution is -2.40. The van der Waals surface area contributed by atoms with Gasteiger partial charge in [-0.1, -0.05) is 60.7 Å². The predicted octanol–water partition coefficient (Wildman–Crippen LogP) is 7.03. The number of aromatic hydroxyl groups is 2. The highest BCUT2D eigenvalue weighted by Crippen LogP contribution is 2.42. The van der Waals surface area contributed by atoms with E-state index in [1.807, 2.05) is 74.5 Å². The van der Waals surface area contributed by atoms with E-state index in [1.54, 1.807) is 44.8 Å². The van der Waals surface area contributed by atoms with Gasteiger partial charge in [-0.3, -0.25) is 22.9 Å².